The Labute approximate surface area is 152 Å². The molecule has 0 saturated carbocycles. The number of benzene rings is 1. The van der Waals surface area contributed by atoms with Crippen LogP contribution in [-0.4, -0.2) is 22.4 Å². The molecular weight excluding hydrogens is 391 g/mol. The molecule has 0 unspecified atom stereocenters. The first-order valence-corrected chi connectivity index (χ1v) is 8.92. The molecule has 0 aliphatic rings. The summed E-state index contributed by atoms with van der Waals surface area (Å²) >= 11 is 2.24. The van der Waals surface area contributed by atoms with Crippen molar-refractivity contribution in [3.05, 3.63) is 55.2 Å². The normalized spacial score (nSPS) is 11.7. The third kappa shape index (κ3) is 3.83. The molecule has 6 nitrogen and oxygen atoms in total. The fraction of sp³-hybridized carbons (Fsp3) is 0.200. The van der Waals surface area contributed by atoms with Crippen LogP contribution in [0.1, 0.15) is 20.2 Å². The van der Waals surface area contributed by atoms with Crippen molar-refractivity contribution >= 4 is 44.5 Å². The van der Waals surface area contributed by atoms with E-state index in [4.69, 9.17) is 0 Å². The first kappa shape index (κ1) is 18.3. The molecule has 0 spiro atoms. The number of alkyl halides is 3. The van der Waals surface area contributed by atoms with Gasteiger partial charge < -0.3 is 5.32 Å². The van der Waals surface area contributed by atoms with E-state index in [-0.39, 0.29) is 15.2 Å². The zero-order chi connectivity index (χ0) is 18.9. The average molecular weight is 401 g/mol. The van der Waals surface area contributed by atoms with Crippen molar-refractivity contribution in [3.8, 4) is 0 Å². The third-order valence-electron chi connectivity index (χ3n) is 3.43. The first-order valence-electron chi connectivity index (χ1n) is 7.22. The second-order valence-electron chi connectivity index (χ2n) is 5.20. The van der Waals surface area contributed by atoms with Gasteiger partial charge in [-0.15, -0.1) is 22.7 Å². The molecule has 2 aromatic heterocycles. The fourth-order valence-corrected chi connectivity index (χ4v) is 3.90. The molecule has 1 amide bonds. The van der Waals surface area contributed by atoms with E-state index >= 15 is 0 Å². The van der Waals surface area contributed by atoms with Gasteiger partial charge in [-0.25, -0.2) is 4.98 Å². The number of rotatable bonds is 5. The van der Waals surface area contributed by atoms with Crippen LogP contribution in [0.25, 0.3) is 10.2 Å². The van der Waals surface area contributed by atoms with E-state index in [9.17, 15) is 28.1 Å². The second kappa shape index (κ2) is 7.00. The van der Waals surface area contributed by atoms with E-state index in [0.29, 0.717) is 36.4 Å². The summed E-state index contributed by atoms with van der Waals surface area (Å²) in [5.74, 6) is -0.578. The first-order chi connectivity index (χ1) is 12.3. The van der Waals surface area contributed by atoms with Gasteiger partial charge in [0, 0.05) is 17.5 Å². The molecule has 0 bridgehead atoms. The maximum atomic E-state index is 12.9. The Morgan fingerprint density at radius 3 is 2.73 bits per heavy atom. The van der Waals surface area contributed by atoms with Crippen molar-refractivity contribution in [2.24, 2.45) is 0 Å². The van der Waals surface area contributed by atoms with E-state index in [1.165, 1.54) is 11.3 Å². The van der Waals surface area contributed by atoms with Gasteiger partial charge in [-0.3, -0.25) is 14.9 Å². The highest BCUT2D eigenvalue weighted by Gasteiger charge is 2.34. The molecule has 3 aromatic rings. The number of thiazole rings is 1. The van der Waals surface area contributed by atoms with Crippen molar-refractivity contribution in [1.29, 1.82) is 0 Å². The number of fused-ring (bicyclic) bond motifs is 1. The predicted octanol–water partition coefficient (Wildman–Crippen LogP) is 4.26. The highest BCUT2D eigenvalue weighted by molar-refractivity contribution is 7.20. The molecular formula is C15H10F3N3O3S2. The molecule has 0 radical (unpaired) electrons. The van der Waals surface area contributed by atoms with Crippen molar-refractivity contribution in [3.63, 3.8) is 0 Å². The summed E-state index contributed by atoms with van der Waals surface area (Å²) in [6.07, 6.45) is -4.14. The van der Waals surface area contributed by atoms with Crippen molar-refractivity contribution in [2.45, 2.75) is 12.6 Å². The van der Waals surface area contributed by atoms with Gasteiger partial charge in [-0.1, -0.05) is 6.07 Å². The number of thiophene rings is 1. The number of carbonyl (C=O) groups is 1. The lowest BCUT2D eigenvalue weighted by Crippen LogP contribution is -2.25. The highest BCUT2D eigenvalue weighted by atomic mass is 32.1. The lowest BCUT2D eigenvalue weighted by Gasteiger charge is -2.05. The van der Waals surface area contributed by atoms with Gasteiger partial charge in [0.15, 0.2) is 5.01 Å². The second-order valence-corrected chi connectivity index (χ2v) is 7.23. The van der Waals surface area contributed by atoms with Gasteiger partial charge in [0.05, 0.1) is 16.0 Å². The summed E-state index contributed by atoms with van der Waals surface area (Å²) in [6, 6.07) is 4.96. The Morgan fingerprint density at radius 2 is 2.12 bits per heavy atom. The molecule has 3 rings (SSSR count). The number of carbonyl (C=O) groups excluding carboxylic acids is 1. The number of nitrogens with zero attached hydrogens (tertiary/aromatic N) is 2. The van der Waals surface area contributed by atoms with Crippen LogP contribution in [0.5, 0.6) is 0 Å². The number of non-ortho nitro benzene ring substituents is 1. The molecule has 0 atom stereocenters. The number of hydrogen-bond acceptors (Lipinski definition) is 6. The number of nitrogens with one attached hydrogen (secondary N) is 1. The van der Waals surface area contributed by atoms with Crippen molar-refractivity contribution < 1.29 is 22.9 Å². The monoisotopic (exact) mass is 401 g/mol. The summed E-state index contributed by atoms with van der Waals surface area (Å²) in [5.41, 5.74) is -2.11. The summed E-state index contributed by atoms with van der Waals surface area (Å²) in [5, 5.41) is 15.5. The summed E-state index contributed by atoms with van der Waals surface area (Å²) in [4.78, 5) is 27.3. The van der Waals surface area contributed by atoms with E-state index < -0.39 is 28.3 Å². The molecule has 26 heavy (non-hydrogen) atoms. The number of nitro groups is 1. The van der Waals surface area contributed by atoms with Crippen LogP contribution in [0.2, 0.25) is 0 Å². The minimum atomic E-state index is -4.74. The number of nitro benzene ring substituents is 1. The molecule has 11 heteroatoms. The topological polar surface area (TPSA) is 85.1 Å². The van der Waals surface area contributed by atoms with E-state index in [1.807, 2.05) is 17.5 Å². The van der Waals surface area contributed by atoms with Crippen LogP contribution < -0.4 is 5.32 Å². The van der Waals surface area contributed by atoms with Crippen LogP contribution in [-0.2, 0) is 12.6 Å². The average Bonchev–Trinajstić information content (AvgIpc) is 3.21. The lowest BCUT2D eigenvalue weighted by molar-refractivity contribution is -0.383. The summed E-state index contributed by atoms with van der Waals surface area (Å²) in [6.45, 7) is 0.325. The van der Waals surface area contributed by atoms with Crippen LogP contribution in [0.4, 0.5) is 18.9 Å². The van der Waals surface area contributed by atoms with Gasteiger partial charge in [0.1, 0.15) is 4.70 Å². The predicted molar refractivity (Wildman–Crippen MR) is 91.6 cm³/mol. The SMILES string of the molecule is O=C(NCCc1cccs1)c1nc2cc(C(F)(F)F)cc([N+](=O)[O-])c2s1. The Hall–Kier alpha value is -2.53. The largest absolute Gasteiger partial charge is 0.416 e. The minimum absolute atomic E-state index is 0.0635. The molecule has 1 aromatic carbocycles. The Bertz CT molecular complexity index is 968. The van der Waals surface area contributed by atoms with Gasteiger partial charge >= 0.3 is 6.18 Å². The quantitative estimate of drug-likeness (QED) is 0.511. The molecule has 0 fully saturated rings. The van der Waals surface area contributed by atoms with Gasteiger partial charge in [0.2, 0.25) is 0 Å². The standard InChI is InChI=1S/C15H10F3N3O3S2/c16-15(17,18)8-6-10-12(11(7-8)21(23)24)26-14(20-10)13(22)19-4-3-9-2-1-5-25-9/h1-2,5-7H,3-4H2,(H,19,22). The third-order valence-corrected chi connectivity index (χ3v) is 5.45. The minimum Gasteiger partial charge on any atom is -0.350 e. The number of halogens is 3. The lowest BCUT2D eigenvalue weighted by atomic mass is 10.2. The van der Waals surface area contributed by atoms with Gasteiger partial charge in [-0.05, 0) is 23.9 Å². The van der Waals surface area contributed by atoms with Gasteiger partial charge in [0.25, 0.3) is 11.6 Å². The zero-order valence-corrected chi connectivity index (χ0v) is 14.5. The Balaban J connectivity index is 1.86. The van der Waals surface area contributed by atoms with E-state index in [0.717, 1.165) is 4.88 Å². The molecule has 0 aliphatic heterocycles. The van der Waals surface area contributed by atoms with Crippen LogP contribution >= 0.6 is 22.7 Å². The molecule has 0 aliphatic carbocycles. The Morgan fingerprint density at radius 1 is 1.35 bits per heavy atom. The summed E-state index contributed by atoms with van der Waals surface area (Å²) < 4.78 is 38.6. The fourth-order valence-electron chi connectivity index (χ4n) is 2.24. The Kier molecular flexibility index (Phi) is 4.92. The maximum Gasteiger partial charge on any atom is 0.416 e. The number of amides is 1. The number of hydrogen-bond donors (Lipinski definition) is 1. The molecule has 136 valence electrons. The van der Waals surface area contributed by atoms with Crippen LogP contribution in [0, 0.1) is 10.1 Å². The number of aromatic nitrogens is 1. The van der Waals surface area contributed by atoms with E-state index in [2.05, 4.69) is 10.3 Å². The molecule has 2 heterocycles. The molecule has 1 N–H and O–H groups in total. The molecule has 0 saturated heterocycles. The van der Waals surface area contributed by atoms with Crippen LogP contribution in [0.15, 0.2) is 29.6 Å². The van der Waals surface area contributed by atoms with Crippen molar-refractivity contribution in [1.82, 2.24) is 10.3 Å². The van der Waals surface area contributed by atoms with Gasteiger partial charge in [-0.2, -0.15) is 13.2 Å². The van der Waals surface area contributed by atoms with Crippen molar-refractivity contribution in [2.75, 3.05) is 6.54 Å². The highest BCUT2D eigenvalue weighted by Crippen LogP contribution is 2.38. The maximum absolute atomic E-state index is 12.9. The van der Waals surface area contributed by atoms with E-state index in [1.54, 1.807) is 0 Å². The zero-order valence-electron chi connectivity index (χ0n) is 12.9. The smallest absolute Gasteiger partial charge is 0.350 e. The van der Waals surface area contributed by atoms with Crippen LogP contribution in [0.3, 0.4) is 0 Å². The summed E-state index contributed by atoms with van der Waals surface area (Å²) in [7, 11) is 0.